The molecule has 0 aliphatic heterocycles. The number of rotatable bonds is 11. The van der Waals surface area contributed by atoms with Crippen LogP contribution >= 0.6 is 11.6 Å². The second-order valence-corrected chi connectivity index (χ2v) is 11.1. The van der Waals surface area contributed by atoms with Crippen molar-refractivity contribution in [2.24, 2.45) is 0 Å². The van der Waals surface area contributed by atoms with E-state index in [-0.39, 0.29) is 12.6 Å². The summed E-state index contributed by atoms with van der Waals surface area (Å²) in [4.78, 5) is 0.296. The van der Waals surface area contributed by atoms with Gasteiger partial charge < -0.3 is 10.4 Å². The van der Waals surface area contributed by atoms with Gasteiger partial charge in [0.05, 0.1) is 4.90 Å². The highest BCUT2D eigenvalue weighted by Crippen LogP contribution is 2.36. The summed E-state index contributed by atoms with van der Waals surface area (Å²) in [5, 5.41) is 12.8. The van der Waals surface area contributed by atoms with E-state index in [1.54, 1.807) is 35.6 Å². The zero-order valence-corrected chi connectivity index (χ0v) is 20.4. The third-order valence-electron chi connectivity index (χ3n) is 6.50. The van der Waals surface area contributed by atoms with Crippen LogP contribution in [0.2, 0.25) is 5.02 Å². The van der Waals surface area contributed by atoms with E-state index in [0.29, 0.717) is 15.8 Å². The summed E-state index contributed by atoms with van der Waals surface area (Å²) >= 11 is 5.90. The number of aliphatic hydroxyl groups excluding tert-OH is 1. The van der Waals surface area contributed by atoms with Gasteiger partial charge >= 0.3 is 0 Å². The Morgan fingerprint density at radius 1 is 0.969 bits per heavy atom. The molecule has 0 unspecified atom stereocenters. The molecule has 2 aromatic carbocycles. The minimum absolute atomic E-state index is 0.0307. The molecule has 0 saturated heterocycles. The number of hydrogen-bond donors (Lipinski definition) is 2. The number of nitrogens with one attached hydrogen (secondary N) is 1. The maximum absolute atomic E-state index is 13.0. The predicted molar refractivity (Wildman–Crippen MR) is 131 cm³/mol. The first-order valence-electron chi connectivity index (χ1n) is 11.6. The van der Waals surface area contributed by atoms with Crippen LogP contribution in [0.5, 0.6) is 0 Å². The molecule has 176 valence electrons. The van der Waals surface area contributed by atoms with Crippen LogP contribution < -0.4 is 5.32 Å². The standard InChI is InChI=1S/C25H35ClN2O3S/c1-28(32(30,31)25-14-10-23(26)11-15-25)24-12-8-22(9-13-24)21-6-4-20(5-7-21)16-18-27-17-2-3-19-29/h4-7,10-11,14-15,22,24,27,29H,2-3,8-9,12-13,16-19H2,1H3. The fraction of sp³-hybridized carbons (Fsp3) is 0.520. The highest BCUT2D eigenvalue weighted by Gasteiger charge is 2.31. The molecule has 7 heteroatoms. The van der Waals surface area contributed by atoms with E-state index in [2.05, 4.69) is 29.6 Å². The summed E-state index contributed by atoms with van der Waals surface area (Å²) in [6, 6.07) is 15.3. The molecule has 0 aromatic heterocycles. The lowest BCUT2D eigenvalue weighted by Crippen LogP contribution is -2.39. The highest BCUT2D eigenvalue weighted by molar-refractivity contribution is 7.89. The molecule has 0 amide bonds. The van der Waals surface area contributed by atoms with Crippen molar-refractivity contribution in [3.63, 3.8) is 0 Å². The van der Waals surface area contributed by atoms with Crippen LogP contribution in [0.15, 0.2) is 53.4 Å². The van der Waals surface area contributed by atoms with Gasteiger partial charge in [-0.25, -0.2) is 8.42 Å². The van der Waals surface area contributed by atoms with E-state index in [4.69, 9.17) is 16.7 Å². The molecule has 1 aliphatic rings. The molecular weight excluding hydrogens is 444 g/mol. The molecular formula is C25H35ClN2O3S. The third kappa shape index (κ3) is 6.78. The fourth-order valence-electron chi connectivity index (χ4n) is 4.42. The molecule has 0 bridgehead atoms. The van der Waals surface area contributed by atoms with Crippen molar-refractivity contribution in [2.75, 3.05) is 26.7 Å². The van der Waals surface area contributed by atoms with Crippen molar-refractivity contribution >= 4 is 21.6 Å². The molecule has 0 radical (unpaired) electrons. The van der Waals surface area contributed by atoms with Gasteiger partial charge in [0, 0.05) is 24.7 Å². The summed E-state index contributed by atoms with van der Waals surface area (Å²) in [5.74, 6) is 0.489. The Bertz CT molecular complexity index is 925. The average Bonchev–Trinajstić information content (AvgIpc) is 2.81. The van der Waals surface area contributed by atoms with Gasteiger partial charge in [0.25, 0.3) is 0 Å². The Morgan fingerprint density at radius 3 is 2.25 bits per heavy atom. The Balaban J connectivity index is 1.48. The SMILES string of the molecule is CN(C1CCC(c2ccc(CCNCCCCO)cc2)CC1)S(=O)(=O)c1ccc(Cl)cc1. The molecule has 2 N–H and O–H groups in total. The van der Waals surface area contributed by atoms with Crippen LogP contribution in [0, 0.1) is 0 Å². The monoisotopic (exact) mass is 478 g/mol. The van der Waals surface area contributed by atoms with Gasteiger partial charge in [0.15, 0.2) is 0 Å². The number of halogens is 1. The van der Waals surface area contributed by atoms with Gasteiger partial charge in [-0.15, -0.1) is 0 Å². The summed E-state index contributed by atoms with van der Waals surface area (Å²) in [5.41, 5.74) is 2.68. The molecule has 0 spiro atoms. The lowest BCUT2D eigenvalue weighted by molar-refractivity contribution is 0.268. The summed E-state index contributed by atoms with van der Waals surface area (Å²) < 4.78 is 27.5. The summed E-state index contributed by atoms with van der Waals surface area (Å²) in [6.45, 7) is 2.16. The normalized spacial score (nSPS) is 19.4. The van der Waals surface area contributed by atoms with Crippen molar-refractivity contribution < 1.29 is 13.5 Å². The van der Waals surface area contributed by atoms with Crippen molar-refractivity contribution in [3.8, 4) is 0 Å². The van der Waals surface area contributed by atoms with Gasteiger partial charge in [0.1, 0.15) is 0 Å². The smallest absolute Gasteiger partial charge is 0.243 e. The molecule has 2 aromatic rings. The number of aliphatic hydroxyl groups is 1. The number of benzene rings is 2. The van der Waals surface area contributed by atoms with Gasteiger partial charge in [-0.1, -0.05) is 35.9 Å². The minimum Gasteiger partial charge on any atom is -0.396 e. The second-order valence-electron chi connectivity index (χ2n) is 8.65. The maximum Gasteiger partial charge on any atom is 0.243 e. The first-order chi connectivity index (χ1) is 15.4. The van der Waals surface area contributed by atoms with Crippen molar-refractivity contribution in [3.05, 3.63) is 64.7 Å². The largest absolute Gasteiger partial charge is 0.396 e. The molecule has 0 heterocycles. The molecule has 1 fully saturated rings. The van der Waals surface area contributed by atoms with Crippen LogP contribution in [0.25, 0.3) is 0 Å². The molecule has 3 rings (SSSR count). The van der Waals surface area contributed by atoms with E-state index >= 15 is 0 Å². The van der Waals surface area contributed by atoms with E-state index in [1.807, 2.05) is 0 Å². The molecule has 1 aliphatic carbocycles. The van der Waals surface area contributed by atoms with Gasteiger partial charge in [-0.05, 0) is 99.3 Å². The maximum atomic E-state index is 13.0. The van der Waals surface area contributed by atoms with Gasteiger partial charge in [-0.2, -0.15) is 4.31 Å². The minimum atomic E-state index is -3.50. The quantitative estimate of drug-likeness (QED) is 0.463. The van der Waals surface area contributed by atoms with Crippen LogP contribution in [0.4, 0.5) is 0 Å². The first kappa shape index (κ1) is 25.2. The van der Waals surface area contributed by atoms with E-state index < -0.39 is 10.0 Å². The van der Waals surface area contributed by atoms with E-state index in [1.165, 1.54) is 11.1 Å². The zero-order chi connectivity index (χ0) is 23.0. The van der Waals surface area contributed by atoms with Crippen molar-refractivity contribution in [2.45, 2.75) is 61.8 Å². The summed E-state index contributed by atoms with van der Waals surface area (Å²) in [6.07, 6.45) is 6.59. The first-order valence-corrected chi connectivity index (χ1v) is 13.4. The van der Waals surface area contributed by atoms with Gasteiger partial charge in [-0.3, -0.25) is 0 Å². The highest BCUT2D eigenvalue weighted by atomic mass is 35.5. The number of hydrogen-bond acceptors (Lipinski definition) is 4. The molecule has 5 nitrogen and oxygen atoms in total. The van der Waals surface area contributed by atoms with Crippen LogP contribution in [0.3, 0.4) is 0 Å². The number of nitrogens with zero attached hydrogens (tertiary/aromatic N) is 1. The van der Waals surface area contributed by atoms with Crippen LogP contribution in [-0.4, -0.2) is 50.6 Å². The topological polar surface area (TPSA) is 69.6 Å². The zero-order valence-electron chi connectivity index (χ0n) is 18.8. The summed E-state index contributed by atoms with van der Waals surface area (Å²) in [7, 11) is -1.81. The van der Waals surface area contributed by atoms with Crippen LogP contribution in [-0.2, 0) is 16.4 Å². The lowest BCUT2D eigenvalue weighted by Gasteiger charge is -2.34. The van der Waals surface area contributed by atoms with Gasteiger partial charge in [0.2, 0.25) is 10.0 Å². The Hall–Kier alpha value is -1.44. The predicted octanol–water partition coefficient (Wildman–Crippen LogP) is 4.59. The Kier molecular flexibility index (Phi) is 9.56. The number of sulfonamides is 1. The third-order valence-corrected chi connectivity index (χ3v) is 8.68. The van der Waals surface area contributed by atoms with E-state index in [9.17, 15) is 8.42 Å². The Labute approximate surface area is 197 Å². The average molecular weight is 479 g/mol. The molecule has 32 heavy (non-hydrogen) atoms. The molecule has 1 saturated carbocycles. The molecule has 0 atom stereocenters. The van der Waals surface area contributed by atoms with Crippen LogP contribution in [0.1, 0.15) is 55.6 Å². The fourth-order valence-corrected chi connectivity index (χ4v) is 5.96. The lowest BCUT2D eigenvalue weighted by atomic mass is 9.81. The second kappa shape index (κ2) is 12.1. The van der Waals surface area contributed by atoms with Crippen molar-refractivity contribution in [1.29, 1.82) is 0 Å². The Morgan fingerprint density at radius 2 is 1.62 bits per heavy atom. The van der Waals surface area contributed by atoms with E-state index in [0.717, 1.165) is 58.0 Å². The number of unbranched alkanes of at least 4 members (excludes halogenated alkanes) is 1. The van der Waals surface area contributed by atoms with Crippen molar-refractivity contribution in [1.82, 2.24) is 9.62 Å².